The monoisotopic (exact) mass is 520 g/mol. The van der Waals surface area contributed by atoms with E-state index < -0.39 is 9.84 Å². The number of nitrogens with one attached hydrogen (secondary N) is 2. The van der Waals surface area contributed by atoms with Crippen LogP contribution in [0.1, 0.15) is 18.4 Å². The van der Waals surface area contributed by atoms with Gasteiger partial charge in [-0.2, -0.15) is 0 Å². The van der Waals surface area contributed by atoms with Crippen LogP contribution < -0.4 is 20.1 Å². The fourth-order valence-electron chi connectivity index (χ4n) is 3.66. The third-order valence-corrected chi connectivity index (χ3v) is 6.59. The summed E-state index contributed by atoms with van der Waals surface area (Å²) in [5, 5.41) is 7.40. The zero-order chi connectivity index (χ0) is 25.9. The van der Waals surface area contributed by atoms with Gasteiger partial charge in [-0.25, -0.2) is 18.4 Å². The largest absolute Gasteiger partial charge is 0.494 e. The summed E-state index contributed by atoms with van der Waals surface area (Å²) in [6.45, 7) is 2.34. The zero-order valence-electron chi connectivity index (χ0n) is 20.9. The summed E-state index contributed by atoms with van der Waals surface area (Å²) in [4.78, 5) is 8.82. The summed E-state index contributed by atoms with van der Waals surface area (Å²) in [5.74, 6) is 2.43. The van der Waals surface area contributed by atoms with Crippen LogP contribution in [0.4, 0.5) is 11.5 Å². The van der Waals surface area contributed by atoms with Gasteiger partial charge in [-0.3, -0.25) is 0 Å². The van der Waals surface area contributed by atoms with Gasteiger partial charge in [0.15, 0.2) is 0 Å². The number of nitrogens with zero attached hydrogens (tertiary/aromatic N) is 2. The molecule has 0 aliphatic heterocycles. The number of anilines is 2. The minimum atomic E-state index is -2.92. The van der Waals surface area contributed by atoms with Crippen molar-refractivity contribution in [2.75, 3.05) is 37.0 Å². The van der Waals surface area contributed by atoms with Gasteiger partial charge in [0.25, 0.3) is 0 Å². The van der Waals surface area contributed by atoms with Gasteiger partial charge in [0.05, 0.1) is 17.9 Å². The summed E-state index contributed by atoms with van der Waals surface area (Å²) < 4.78 is 34.0. The van der Waals surface area contributed by atoms with Crippen LogP contribution in [0.5, 0.6) is 11.5 Å². The van der Waals surface area contributed by atoms with Crippen LogP contribution in [0.25, 0.3) is 10.9 Å². The molecule has 0 aliphatic rings. The second-order valence-corrected chi connectivity index (χ2v) is 11.0. The average molecular weight is 521 g/mol. The molecule has 194 valence electrons. The molecule has 0 radical (unpaired) electrons. The third kappa shape index (κ3) is 8.73. The van der Waals surface area contributed by atoms with Gasteiger partial charge in [0, 0.05) is 29.9 Å². The molecule has 0 bridgehead atoms. The van der Waals surface area contributed by atoms with Gasteiger partial charge < -0.3 is 20.1 Å². The Morgan fingerprint density at radius 1 is 0.838 bits per heavy atom. The fraction of sp³-hybridized carbons (Fsp3) is 0.286. The fourth-order valence-corrected chi connectivity index (χ4v) is 4.18. The van der Waals surface area contributed by atoms with E-state index in [0.717, 1.165) is 58.9 Å². The number of rotatable bonds is 14. The maximum Gasteiger partial charge on any atom is 0.148 e. The van der Waals surface area contributed by atoms with Crippen LogP contribution >= 0.6 is 0 Å². The van der Waals surface area contributed by atoms with E-state index in [4.69, 9.17) is 9.47 Å². The van der Waals surface area contributed by atoms with Crippen LogP contribution in [0.15, 0.2) is 79.1 Å². The first kappa shape index (κ1) is 26.4. The van der Waals surface area contributed by atoms with Crippen molar-refractivity contribution < 1.29 is 17.9 Å². The zero-order valence-corrected chi connectivity index (χ0v) is 21.7. The summed E-state index contributed by atoms with van der Waals surface area (Å²) in [5.41, 5.74) is 2.82. The normalized spacial score (nSPS) is 11.4. The number of unbranched alkanes of at least 4 members (excludes halogenated alkanes) is 1. The van der Waals surface area contributed by atoms with E-state index in [9.17, 15) is 8.42 Å². The van der Waals surface area contributed by atoms with Crippen molar-refractivity contribution in [3.8, 4) is 11.5 Å². The summed E-state index contributed by atoms with van der Waals surface area (Å²) >= 11 is 0. The van der Waals surface area contributed by atoms with Gasteiger partial charge in [-0.05, 0) is 61.3 Å². The van der Waals surface area contributed by atoms with Crippen LogP contribution in [0, 0.1) is 0 Å². The van der Waals surface area contributed by atoms with E-state index in [2.05, 4.69) is 20.6 Å². The van der Waals surface area contributed by atoms with Crippen molar-refractivity contribution in [3.63, 3.8) is 0 Å². The van der Waals surface area contributed by atoms with Crippen molar-refractivity contribution >= 4 is 32.2 Å². The molecule has 3 aromatic carbocycles. The lowest BCUT2D eigenvalue weighted by Gasteiger charge is -2.11. The highest BCUT2D eigenvalue weighted by Gasteiger charge is 2.07. The maximum absolute atomic E-state index is 11.1. The van der Waals surface area contributed by atoms with E-state index >= 15 is 0 Å². The second-order valence-electron chi connectivity index (χ2n) is 8.76. The molecule has 4 rings (SSSR count). The van der Waals surface area contributed by atoms with Gasteiger partial charge >= 0.3 is 0 Å². The Balaban J connectivity index is 1.26. The van der Waals surface area contributed by atoms with Crippen LogP contribution in [-0.4, -0.2) is 50.1 Å². The topological polar surface area (TPSA) is 102 Å². The first-order chi connectivity index (χ1) is 18.0. The molecule has 0 saturated heterocycles. The highest BCUT2D eigenvalue weighted by molar-refractivity contribution is 7.90. The van der Waals surface area contributed by atoms with Crippen molar-refractivity contribution in [1.82, 2.24) is 15.3 Å². The predicted molar refractivity (Wildman–Crippen MR) is 147 cm³/mol. The van der Waals surface area contributed by atoms with Crippen LogP contribution in [0.2, 0.25) is 0 Å². The molecule has 1 aromatic heterocycles. The first-order valence-electron chi connectivity index (χ1n) is 12.3. The molecular weight excluding hydrogens is 488 g/mol. The van der Waals surface area contributed by atoms with Crippen molar-refractivity contribution in [3.05, 3.63) is 84.7 Å². The Morgan fingerprint density at radius 2 is 1.62 bits per heavy atom. The van der Waals surface area contributed by atoms with Gasteiger partial charge in [-0.1, -0.05) is 30.3 Å². The molecular formula is C28H32N4O4S. The molecule has 1 heterocycles. The average Bonchev–Trinajstić information content (AvgIpc) is 2.90. The highest BCUT2D eigenvalue weighted by atomic mass is 32.2. The van der Waals surface area contributed by atoms with Crippen molar-refractivity contribution in [1.29, 1.82) is 0 Å². The number of fused-ring (bicyclic) bond motifs is 1. The van der Waals surface area contributed by atoms with Crippen LogP contribution in [-0.2, 0) is 16.4 Å². The lowest BCUT2D eigenvalue weighted by molar-refractivity contribution is 0.306. The van der Waals surface area contributed by atoms with Crippen molar-refractivity contribution in [2.24, 2.45) is 0 Å². The molecule has 0 amide bonds. The molecule has 0 unspecified atom stereocenters. The molecule has 9 heteroatoms. The van der Waals surface area contributed by atoms with E-state index in [-0.39, 0.29) is 5.75 Å². The molecule has 0 spiro atoms. The minimum Gasteiger partial charge on any atom is -0.494 e. The number of aromatic nitrogens is 2. The van der Waals surface area contributed by atoms with Gasteiger partial charge in [-0.15, -0.1) is 0 Å². The van der Waals surface area contributed by atoms with Gasteiger partial charge in [0.2, 0.25) is 0 Å². The van der Waals surface area contributed by atoms with E-state index in [0.29, 0.717) is 19.8 Å². The van der Waals surface area contributed by atoms with Gasteiger partial charge in [0.1, 0.15) is 40.1 Å². The third-order valence-electron chi connectivity index (χ3n) is 5.64. The lowest BCUT2D eigenvalue weighted by Crippen LogP contribution is -2.23. The molecule has 4 aromatic rings. The Bertz CT molecular complexity index is 1380. The van der Waals surface area contributed by atoms with E-state index in [1.165, 1.54) is 12.6 Å². The number of hydrogen-bond acceptors (Lipinski definition) is 8. The molecule has 37 heavy (non-hydrogen) atoms. The summed E-state index contributed by atoms with van der Waals surface area (Å²) in [7, 11) is -2.92. The number of sulfone groups is 1. The van der Waals surface area contributed by atoms with Crippen molar-refractivity contribution in [2.45, 2.75) is 19.4 Å². The van der Waals surface area contributed by atoms with E-state index in [1.807, 2.05) is 72.8 Å². The number of ether oxygens (including phenoxy) is 2. The quantitative estimate of drug-likeness (QED) is 0.230. The summed E-state index contributed by atoms with van der Waals surface area (Å²) in [6.07, 6.45) is 4.56. The Kier molecular flexibility index (Phi) is 9.29. The molecule has 0 saturated carbocycles. The molecule has 8 nitrogen and oxygen atoms in total. The predicted octanol–water partition coefficient (Wildman–Crippen LogP) is 4.75. The van der Waals surface area contributed by atoms with E-state index in [1.54, 1.807) is 0 Å². The lowest BCUT2D eigenvalue weighted by atomic mass is 10.2. The molecule has 0 atom stereocenters. The smallest absolute Gasteiger partial charge is 0.148 e. The Labute approximate surface area is 218 Å². The SMILES string of the molecule is CS(=O)(=O)CCNCCCCOc1ccc2c(Nc3ccc(OCc4ccccc4)cc3)ncnc2c1. The highest BCUT2D eigenvalue weighted by Crippen LogP contribution is 2.27. The maximum atomic E-state index is 11.1. The summed E-state index contributed by atoms with van der Waals surface area (Å²) in [6, 6.07) is 23.6. The Hall–Kier alpha value is -3.69. The first-order valence-corrected chi connectivity index (χ1v) is 14.3. The standard InChI is InChI=1S/C28H32N4O4S/c1-37(33,34)18-16-29-15-5-6-17-35-25-13-14-26-27(19-25)30-21-31-28(26)32-23-9-11-24(12-10-23)36-20-22-7-3-2-4-8-22/h2-4,7-14,19,21,29H,5-6,15-18,20H2,1H3,(H,30,31,32). The molecule has 0 fully saturated rings. The second kappa shape index (κ2) is 13.0. The Morgan fingerprint density at radius 3 is 2.41 bits per heavy atom. The molecule has 0 aliphatic carbocycles. The number of hydrogen-bond donors (Lipinski definition) is 2. The molecule has 2 N–H and O–H groups in total. The minimum absolute atomic E-state index is 0.160. The van der Waals surface area contributed by atoms with Crippen LogP contribution in [0.3, 0.4) is 0 Å². The number of benzene rings is 3.